The Labute approximate surface area is 204 Å². The number of carbonyl (C=O) groups is 1. The monoisotopic (exact) mass is 505 g/mol. The normalized spacial score (nSPS) is 22.1. The van der Waals surface area contributed by atoms with E-state index in [0.29, 0.717) is 30.0 Å². The van der Waals surface area contributed by atoms with Gasteiger partial charge in [-0.05, 0) is 60.9 Å². The average molecular weight is 506 g/mol. The van der Waals surface area contributed by atoms with Crippen molar-refractivity contribution in [1.29, 1.82) is 0 Å². The van der Waals surface area contributed by atoms with Crippen LogP contribution >= 0.6 is 11.3 Å². The van der Waals surface area contributed by atoms with E-state index < -0.39 is 22.9 Å². The van der Waals surface area contributed by atoms with Crippen molar-refractivity contribution >= 4 is 28.9 Å². The Kier molecular flexibility index (Phi) is 6.35. The summed E-state index contributed by atoms with van der Waals surface area (Å²) in [5.74, 6) is -0.837. The molecule has 186 valence electrons. The molecule has 1 fully saturated rings. The van der Waals surface area contributed by atoms with Gasteiger partial charge in [0.15, 0.2) is 0 Å². The molecule has 1 saturated carbocycles. The van der Waals surface area contributed by atoms with Crippen LogP contribution in [0.25, 0.3) is 10.4 Å². The molecule has 2 heterocycles. The van der Waals surface area contributed by atoms with Gasteiger partial charge in [-0.2, -0.15) is 13.2 Å². The Morgan fingerprint density at radius 1 is 1.26 bits per heavy atom. The van der Waals surface area contributed by atoms with Gasteiger partial charge in [-0.15, -0.1) is 11.3 Å². The van der Waals surface area contributed by atoms with E-state index in [0.717, 1.165) is 28.3 Å². The number of rotatable bonds is 5. The van der Waals surface area contributed by atoms with Gasteiger partial charge in [-0.1, -0.05) is 19.9 Å². The topological polar surface area (TPSA) is 114 Å². The van der Waals surface area contributed by atoms with Crippen LogP contribution in [-0.2, 0) is 16.6 Å². The third-order valence-electron chi connectivity index (χ3n) is 6.35. The zero-order valence-corrected chi connectivity index (χ0v) is 20.3. The number of halogens is 3. The molecule has 2 aromatic heterocycles. The molecule has 0 radical (unpaired) electrons. The number of hydrogen-bond acceptors (Lipinski definition) is 7. The van der Waals surface area contributed by atoms with Gasteiger partial charge in [0.1, 0.15) is 16.3 Å². The van der Waals surface area contributed by atoms with Crippen molar-refractivity contribution in [3.63, 3.8) is 0 Å². The highest BCUT2D eigenvalue weighted by molar-refractivity contribution is 7.15. The first-order valence-electron chi connectivity index (χ1n) is 11.0. The van der Waals surface area contributed by atoms with Crippen LogP contribution in [0.5, 0.6) is 0 Å². The number of benzene rings is 1. The SMILES string of the molecule is Cc1cc(Nc2nccc(C(F)(F)F)n2)cc(-c2cnc([C@@]3(O)CC[C@H](C(N)=O)C(C)(C)C3)s2)c1. The van der Waals surface area contributed by atoms with Crippen molar-refractivity contribution in [2.75, 3.05) is 5.32 Å². The molecule has 7 nitrogen and oxygen atoms in total. The molecule has 35 heavy (non-hydrogen) atoms. The van der Waals surface area contributed by atoms with E-state index in [1.54, 1.807) is 18.3 Å². The van der Waals surface area contributed by atoms with Crippen molar-refractivity contribution in [3.8, 4) is 10.4 Å². The highest BCUT2D eigenvalue weighted by atomic mass is 32.1. The standard InChI is InChI=1S/C24H26F3N5O2S/c1-13-8-14(10-15(9-13)31-21-29-7-5-18(32-21)24(25,26)27)17-11-30-20(35-17)23(34)6-4-16(19(28)33)22(2,3)12-23/h5,7-11,16,34H,4,6,12H2,1-3H3,(H2,28,33)(H,29,31,32)/t16-,23-/m1/s1. The van der Waals surface area contributed by atoms with E-state index in [4.69, 9.17) is 5.73 Å². The van der Waals surface area contributed by atoms with Crippen LogP contribution < -0.4 is 11.1 Å². The molecule has 4 rings (SSSR count). The third-order valence-corrected chi connectivity index (χ3v) is 7.59. The number of nitrogens with one attached hydrogen (secondary N) is 1. The maximum atomic E-state index is 13.0. The fourth-order valence-corrected chi connectivity index (χ4v) is 5.79. The molecule has 2 atom stereocenters. The predicted octanol–water partition coefficient (Wildman–Crippen LogP) is 5.17. The number of primary amides is 1. The first kappa shape index (κ1) is 25.1. The van der Waals surface area contributed by atoms with Crippen LogP contribution in [0.15, 0.2) is 36.7 Å². The molecular formula is C24H26F3N5O2S. The lowest BCUT2D eigenvalue weighted by atomic mass is 9.63. The van der Waals surface area contributed by atoms with Crippen LogP contribution in [0.2, 0.25) is 0 Å². The average Bonchev–Trinajstić information content (AvgIpc) is 3.23. The lowest BCUT2D eigenvalue weighted by Gasteiger charge is -2.44. The maximum Gasteiger partial charge on any atom is 0.433 e. The summed E-state index contributed by atoms with van der Waals surface area (Å²) in [6.45, 7) is 5.72. The van der Waals surface area contributed by atoms with E-state index in [1.165, 1.54) is 11.3 Å². The van der Waals surface area contributed by atoms with E-state index >= 15 is 0 Å². The van der Waals surface area contributed by atoms with Gasteiger partial charge in [0.05, 0.1) is 4.88 Å². The van der Waals surface area contributed by atoms with Crippen LogP contribution in [0, 0.1) is 18.3 Å². The second-order valence-electron chi connectivity index (χ2n) is 9.70. The van der Waals surface area contributed by atoms with Crippen molar-refractivity contribution in [3.05, 3.63) is 52.9 Å². The molecule has 0 bridgehead atoms. The van der Waals surface area contributed by atoms with Crippen molar-refractivity contribution < 1.29 is 23.1 Å². The molecule has 0 aliphatic heterocycles. The fraction of sp³-hybridized carbons (Fsp3) is 0.417. The summed E-state index contributed by atoms with van der Waals surface area (Å²) < 4.78 is 39.0. The molecule has 1 aliphatic rings. The highest BCUT2D eigenvalue weighted by Gasteiger charge is 2.48. The molecule has 0 spiro atoms. The van der Waals surface area contributed by atoms with Gasteiger partial charge >= 0.3 is 6.18 Å². The number of aliphatic hydroxyl groups is 1. The summed E-state index contributed by atoms with van der Waals surface area (Å²) in [6, 6.07) is 6.28. The summed E-state index contributed by atoms with van der Waals surface area (Å²) in [5.41, 5.74) is 5.06. The number of nitrogens with zero attached hydrogens (tertiary/aromatic N) is 3. The Hall–Kier alpha value is -3.05. The summed E-state index contributed by atoms with van der Waals surface area (Å²) in [5, 5.41) is 14.8. The molecule has 1 aliphatic carbocycles. The molecule has 0 unspecified atom stereocenters. The summed E-state index contributed by atoms with van der Waals surface area (Å²) in [7, 11) is 0. The number of anilines is 2. The van der Waals surface area contributed by atoms with Crippen LogP contribution in [0.3, 0.4) is 0 Å². The van der Waals surface area contributed by atoms with E-state index in [2.05, 4.69) is 20.3 Å². The molecule has 11 heteroatoms. The first-order chi connectivity index (χ1) is 16.3. The number of hydrogen-bond donors (Lipinski definition) is 3. The Morgan fingerprint density at radius 3 is 2.66 bits per heavy atom. The quantitative estimate of drug-likeness (QED) is 0.441. The minimum atomic E-state index is -4.57. The number of amides is 1. The second kappa shape index (κ2) is 8.87. The number of alkyl halides is 3. The van der Waals surface area contributed by atoms with Gasteiger partial charge in [0.25, 0.3) is 0 Å². The minimum absolute atomic E-state index is 0.163. The molecule has 1 aromatic carbocycles. The number of thiazole rings is 1. The lowest BCUT2D eigenvalue weighted by Crippen LogP contribution is -2.46. The maximum absolute atomic E-state index is 13.0. The third kappa shape index (κ3) is 5.30. The Bertz CT molecular complexity index is 1260. The fourth-order valence-electron chi connectivity index (χ4n) is 4.78. The second-order valence-corrected chi connectivity index (χ2v) is 10.7. The number of carbonyl (C=O) groups excluding carboxylic acids is 1. The predicted molar refractivity (Wildman–Crippen MR) is 127 cm³/mol. The molecular weight excluding hydrogens is 479 g/mol. The minimum Gasteiger partial charge on any atom is -0.383 e. The van der Waals surface area contributed by atoms with Crippen LogP contribution in [-0.4, -0.2) is 26.0 Å². The lowest BCUT2D eigenvalue weighted by molar-refractivity contribution is -0.141. The van der Waals surface area contributed by atoms with Gasteiger partial charge < -0.3 is 16.2 Å². The summed E-state index contributed by atoms with van der Waals surface area (Å²) in [6.07, 6.45) is -0.632. The largest absolute Gasteiger partial charge is 0.433 e. The summed E-state index contributed by atoms with van der Waals surface area (Å²) in [4.78, 5) is 24.5. The van der Waals surface area contributed by atoms with E-state index in [9.17, 15) is 23.1 Å². The van der Waals surface area contributed by atoms with Gasteiger partial charge in [0, 0.05) is 24.0 Å². The smallest absolute Gasteiger partial charge is 0.383 e. The van der Waals surface area contributed by atoms with E-state index in [1.807, 2.05) is 26.8 Å². The molecule has 1 amide bonds. The zero-order chi connectivity index (χ0) is 25.6. The zero-order valence-electron chi connectivity index (χ0n) is 19.5. The molecule has 3 aromatic rings. The van der Waals surface area contributed by atoms with Gasteiger partial charge in [-0.3, -0.25) is 4.79 Å². The Morgan fingerprint density at radius 2 is 2.00 bits per heavy atom. The molecule has 0 saturated heterocycles. The van der Waals surface area contributed by atoms with Crippen molar-refractivity contribution in [1.82, 2.24) is 15.0 Å². The van der Waals surface area contributed by atoms with Crippen molar-refractivity contribution in [2.45, 2.75) is 51.8 Å². The van der Waals surface area contributed by atoms with Crippen LogP contribution in [0.4, 0.5) is 24.8 Å². The number of nitrogens with two attached hydrogens (primary N) is 1. The molecule has 4 N–H and O–H groups in total. The number of aryl methyl sites for hydroxylation is 1. The van der Waals surface area contributed by atoms with Gasteiger partial charge in [-0.25, -0.2) is 15.0 Å². The van der Waals surface area contributed by atoms with Gasteiger partial charge in [0.2, 0.25) is 11.9 Å². The highest BCUT2D eigenvalue weighted by Crippen LogP contribution is 2.50. The van der Waals surface area contributed by atoms with Crippen molar-refractivity contribution in [2.24, 2.45) is 17.1 Å². The number of aromatic nitrogens is 3. The Balaban J connectivity index is 1.59. The van der Waals surface area contributed by atoms with E-state index in [-0.39, 0.29) is 17.8 Å². The summed E-state index contributed by atoms with van der Waals surface area (Å²) >= 11 is 1.35. The van der Waals surface area contributed by atoms with Crippen LogP contribution in [0.1, 0.15) is 49.4 Å². The first-order valence-corrected chi connectivity index (χ1v) is 11.9.